The van der Waals surface area contributed by atoms with E-state index in [4.69, 9.17) is 16.3 Å². The number of amides is 1. The Morgan fingerprint density at radius 2 is 1.87 bits per heavy atom. The molecule has 2 aromatic carbocycles. The van der Waals surface area contributed by atoms with Crippen molar-refractivity contribution in [3.05, 3.63) is 58.6 Å². The van der Waals surface area contributed by atoms with Crippen molar-refractivity contribution in [1.82, 2.24) is 4.90 Å². The second-order valence-electron chi connectivity index (χ2n) is 8.23. The molecule has 8 heteroatoms. The van der Waals surface area contributed by atoms with Gasteiger partial charge in [-0.2, -0.15) is 13.2 Å². The predicted molar refractivity (Wildman–Crippen MR) is 114 cm³/mol. The summed E-state index contributed by atoms with van der Waals surface area (Å²) in [5, 5.41) is 3.55. The van der Waals surface area contributed by atoms with Gasteiger partial charge in [0.1, 0.15) is 5.75 Å². The Morgan fingerprint density at radius 3 is 2.48 bits per heavy atom. The zero-order valence-electron chi connectivity index (χ0n) is 17.1. The molecular formula is C23H24ClF3N2O2. The highest BCUT2D eigenvalue weighted by atomic mass is 35.5. The molecule has 166 valence electrons. The Balaban J connectivity index is 1.43. The molecule has 1 amide bonds. The number of likely N-dealkylation sites (tertiary alicyclic amines) is 1. The SMILES string of the molecule is CC[C@@H](C(=O)Nc1ccc(Cl)cc1)N1CCC2(CC1)COc1cc(C(F)(F)F)ccc12. The molecule has 0 unspecified atom stereocenters. The summed E-state index contributed by atoms with van der Waals surface area (Å²) < 4.78 is 44.7. The highest BCUT2D eigenvalue weighted by Crippen LogP contribution is 2.47. The third kappa shape index (κ3) is 4.39. The van der Waals surface area contributed by atoms with Crippen LogP contribution in [0.4, 0.5) is 18.9 Å². The largest absolute Gasteiger partial charge is 0.492 e. The predicted octanol–water partition coefficient (Wildman–Crippen LogP) is 5.50. The number of carbonyl (C=O) groups is 1. The van der Waals surface area contributed by atoms with Crippen molar-refractivity contribution in [1.29, 1.82) is 0 Å². The molecule has 2 aromatic rings. The van der Waals surface area contributed by atoms with Crippen molar-refractivity contribution in [2.75, 3.05) is 25.0 Å². The van der Waals surface area contributed by atoms with Gasteiger partial charge in [0, 0.05) is 21.7 Å². The number of fused-ring (bicyclic) bond motifs is 2. The van der Waals surface area contributed by atoms with Gasteiger partial charge in [-0.15, -0.1) is 0 Å². The van der Waals surface area contributed by atoms with E-state index in [1.165, 1.54) is 0 Å². The van der Waals surface area contributed by atoms with E-state index >= 15 is 0 Å². The summed E-state index contributed by atoms with van der Waals surface area (Å²) in [7, 11) is 0. The van der Waals surface area contributed by atoms with E-state index in [1.807, 2.05) is 6.92 Å². The molecule has 0 radical (unpaired) electrons. The maximum atomic E-state index is 13.0. The lowest BCUT2D eigenvalue weighted by Crippen LogP contribution is -2.51. The molecule has 2 aliphatic rings. The number of piperidine rings is 1. The minimum Gasteiger partial charge on any atom is -0.492 e. The summed E-state index contributed by atoms with van der Waals surface area (Å²) in [5.41, 5.74) is 0.561. The molecule has 1 saturated heterocycles. The van der Waals surface area contributed by atoms with Gasteiger partial charge in [0.25, 0.3) is 0 Å². The maximum absolute atomic E-state index is 13.0. The smallest absolute Gasteiger partial charge is 0.416 e. The van der Waals surface area contributed by atoms with Gasteiger partial charge in [0.2, 0.25) is 5.91 Å². The van der Waals surface area contributed by atoms with Crippen LogP contribution in [-0.4, -0.2) is 36.5 Å². The number of nitrogens with one attached hydrogen (secondary N) is 1. The molecule has 0 aromatic heterocycles. The summed E-state index contributed by atoms with van der Waals surface area (Å²) >= 11 is 5.90. The van der Waals surface area contributed by atoms with Gasteiger partial charge in [0.05, 0.1) is 18.2 Å². The Kier molecular flexibility index (Phi) is 5.92. The molecule has 0 bridgehead atoms. The van der Waals surface area contributed by atoms with E-state index in [-0.39, 0.29) is 17.4 Å². The van der Waals surface area contributed by atoms with Gasteiger partial charge in [-0.05, 0) is 68.8 Å². The van der Waals surface area contributed by atoms with Crippen LogP contribution in [0.25, 0.3) is 0 Å². The third-order valence-electron chi connectivity index (χ3n) is 6.38. The van der Waals surface area contributed by atoms with Crippen LogP contribution < -0.4 is 10.1 Å². The van der Waals surface area contributed by atoms with Crippen molar-refractivity contribution in [3.8, 4) is 5.75 Å². The molecule has 1 atom stereocenters. The number of hydrogen-bond acceptors (Lipinski definition) is 3. The van der Waals surface area contributed by atoms with Gasteiger partial charge in [-0.1, -0.05) is 24.6 Å². The molecule has 1 fully saturated rings. The fraction of sp³-hybridized carbons (Fsp3) is 0.435. The number of ether oxygens (including phenoxy) is 1. The number of nitrogens with zero attached hydrogens (tertiary/aromatic N) is 1. The van der Waals surface area contributed by atoms with Crippen LogP contribution >= 0.6 is 11.6 Å². The summed E-state index contributed by atoms with van der Waals surface area (Å²) in [6.07, 6.45) is -2.26. The van der Waals surface area contributed by atoms with E-state index in [1.54, 1.807) is 30.3 Å². The maximum Gasteiger partial charge on any atom is 0.416 e. The monoisotopic (exact) mass is 452 g/mol. The Labute approximate surface area is 184 Å². The van der Waals surface area contributed by atoms with Crippen molar-refractivity contribution in [3.63, 3.8) is 0 Å². The lowest BCUT2D eigenvalue weighted by Gasteiger charge is -2.41. The van der Waals surface area contributed by atoms with Crippen LogP contribution in [0.1, 0.15) is 37.3 Å². The number of rotatable bonds is 4. The van der Waals surface area contributed by atoms with Gasteiger partial charge < -0.3 is 10.1 Å². The summed E-state index contributed by atoms with van der Waals surface area (Å²) in [5.74, 6) is 0.259. The van der Waals surface area contributed by atoms with Gasteiger partial charge in [-0.25, -0.2) is 0 Å². The Bertz CT molecular complexity index is 954. The van der Waals surface area contributed by atoms with E-state index in [0.717, 1.165) is 30.5 Å². The van der Waals surface area contributed by atoms with Crippen LogP contribution in [0.5, 0.6) is 5.75 Å². The lowest BCUT2D eigenvalue weighted by atomic mass is 9.74. The van der Waals surface area contributed by atoms with E-state index in [2.05, 4.69) is 10.2 Å². The quantitative estimate of drug-likeness (QED) is 0.665. The van der Waals surface area contributed by atoms with E-state index in [9.17, 15) is 18.0 Å². The Hall–Kier alpha value is -2.25. The highest BCUT2D eigenvalue weighted by molar-refractivity contribution is 6.30. The molecule has 2 aliphatic heterocycles. The summed E-state index contributed by atoms with van der Waals surface area (Å²) in [6.45, 7) is 3.71. The second kappa shape index (κ2) is 8.36. The number of carbonyl (C=O) groups excluding carboxylic acids is 1. The number of hydrogen-bond donors (Lipinski definition) is 1. The first kappa shape index (κ1) is 22.0. The fourth-order valence-corrected chi connectivity index (χ4v) is 4.72. The number of anilines is 1. The zero-order valence-corrected chi connectivity index (χ0v) is 17.9. The molecule has 1 N–H and O–H groups in total. The fourth-order valence-electron chi connectivity index (χ4n) is 4.60. The molecule has 2 heterocycles. The minimum atomic E-state index is -4.39. The van der Waals surface area contributed by atoms with Crippen molar-refractivity contribution in [2.24, 2.45) is 0 Å². The first-order valence-corrected chi connectivity index (χ1v) is 10.7. The van der Waals surface area contributed by atoms with E-state index < -0.39 is 11.7 Å². The standard InChI is InChI=1S/C23H24ClF3N2O2/c1-2-19(21(30)28-17-6-4-16(24)5-7-17)29-11-9-22(10-12-29)14-31-20-13-15(23(25,26)27)3-8-18(20)22/h3-8,13,19H,2,9-12,14H2,1H3,(H,28,30)/t19-/m0/s1. The van der Waals surface area contributed by atoms with Gasteiger partial charge in [0.15, 0.2) is 0 Å². The summed E-state index contributed by atoms with van der Waals surface area (Å²) in [6, 6.07) is 10.5. The molecule has 4 nitrogen and oxygen atoms in total. The van der Waals surface area contributed by atoms with Crippen molar-refractivity contribution < 1.29 is 22.7 Å². The zero-order chi connectivity index (χ0) is 22.2. The average molecular weight is 453 g/mol. The molecular weight excluding hydrogens is 429 g/mol. The Morgan fingerprint density at radius 1 is 1.19 bits per heavy atom. The van der Waals surface area contributed by atoms with Crippen LogP contribution in [0.15, 0.2) is 42.5 Å². The number of benzene rings is 2. The normalized spacial score (nSPS) is 19.0. The first-order valence-electron chi connectivity index (χ1n) is 10.4. The van der Waals surface area contributed by atoms with Crippen LogP contribution in [0.3, 0.4) is 0 Å². The first-order chi connectivity index (χ1) is 14.7. The van der Waals surface area contributed by atoms with Gasteiger partial charge >= 0.3 is 6.18 Å². The molecule has 4 rings (SSSR count). The van der Waals surface area contributed by atoms with Crippen LogP contribution in [0, 0.1) is 0 Å². The van der Waals surface area contributed by atoms with Crippen LogP contribution in [-0.2, 0) is 16.4 Å². The van der Waals surface area contributed by atoms with Crippen molar-refractivity contribution in [2.45, 2.75) is 43.8 Å². The molecule has 0 saturated carbocycles. The lowest BCUT2D eigenvalue weighted by molar-refractivity contribution is -0.137. The molecule has 0 aliphatic carbocycles. The topological polar surface area (TPSA) is 41.6 Å². The number of halogens is 4. The second-order valence-corrected chi connectivity index (χ2v) is 8.67. The third-order valence-corrected chi connectivity index (χ3v) is 6.63. The van der Waals surface area contributed by atoms with E-state index in [0.29, 0.717) is 42.6 Å². The summed E-state index contributed by atoms with van der Waals surface area (Å²) in [4.78, 5) is 15.0. The van der Waals surface area contributed by atoms with Gasteiger partial charge in [-0.3, -0.25) is 9.69 Å². The molecule has 31 heavy (non-hydrogen) atoms. The van der Waals surface area contributed by atoms with Crippen LogP contribution in [0.2, 0.25) is 5.02 Å². The highest BCUT2D eigenvalue weighted by Gasteiger charge is 2.45. The minimum absolute atomic E-state index is 0.0707. The average Bonchev–Trinajstić information content (AvgIpc) is 3.09. The molecule has 1 spiro atoms. The van der Waals surface area contributed by atoms with Crippen molar-refractivity contribution >= 4 is 23.2 Å². The number of alkyl halides is 3.